The topological polar surface area (TPSA) is 259 Å². The highest BCUT2D eigenvalue weighted by molar-refractivity contribution is 6.31. The van der Waals surface area contributed by atoms with Gasteiger partial charge in [0, 0.05) is 61.8 Å². The van der Waals surface area contributed by atoms with Gasteiger partial charge < -0.3 is 55.6 Å². The number of likely N-dealkylation sites (N-methyl/N-ethyl adjacent to an activating group) is 6. The highest BCUT2D eigenvalue weighted by atomic mass is 35.5. The van der Waals surface area contributed by atoms with E-state index in [-0.39, 0.29) is 76.3 Å². The van der Waals surface area contributed by atoms with Gasteiger partial charge in [0.25, 0.3) is 0 Å². The van der Waals surface area contributed by atoms with E-state index in [2.05, 4.69) is 21.3 Å². The Kier molecular flexibility index (Phi) is 26.7. The first-order chi connectivity index (χ1) is 41.7. The standard InChI is InChI=1S/C63H97ClF3N11O11/c1-13-40(6)53-60(88)74(9)36-51(81)72(7)37-52(82)76(11)48(34-41-20-15-14-16-21-41)59(87)73(8)35-49(79)69-45(26-24-42-23-25-43(44(64)33-42)63(65,66)67)58(86)78-31-19-22-46(78)56(84)71-62(28-17-18-29-62)61(89)77(12)54(39(4)5)57(85)68-30-27-50(80)75(10)47(32-38(2)3)55(83)70-53/h23,25,33,38-41,45-48,53-54H,13-22,24,26-32,34-37H2,1-12H3,(H,68,85)(H,69,79)(H,70,83)(H,71,84)/t40?,45-,46-,47-,48-,53-,54-/m0/s1. The summed E-state index contributed by atoms with van der Waals surface area (Å²) in [5, 5.41) is 10.8. The molecule has 1 aromatic rings. The van der Waals surface area contributed by atoms with Gasteiger partial charge in [0.15, 0.2) is 0 Å². The van der Waals surface area contributed by atoms with E-state index in [1.807, 2.05) is 20.8 Å². The normalized spacial score (nSPS) is 25.6. The molecule has 26 heteroatoms. The average molecular weight is 1280 g/mol. The fourth-order valence-corrected chi connectivity index (χ4v) is 13.1. The third-order valence-electron chi connectivity index (χ3n) is 18.4. The molecule has 2 heterocycles. The molecule has 2 aliphatic carbocycles. The number of hydrogen-bond acceptors (Lipinski definition) is 11. The molecule has 89 heavy (non-hydrogen) atoms. The Labute approximate surface area is 527 Å². The van der Waals surface area contributed by atoms with E-state index < -0.39 is 155 Å². The number of benzene rings is 1. The van der Waals surface area contributed by atoms with E-state index in [1.165, 1.54) is 68.0 Å². The van der Waals surface area contributed by atoms with Gasteiger partial charge in [-0.1, -0.05) is 111 Å². The molecule has 1 aromatic carbocycles. The number of rotatable bonds is 10. The minimum absolute atomic E-state index is 0.0351. The second-order valence-electron chi connectivity index (χ2n) is 26.0. The molecule has 4 fully saturated rings. The highest BCUT2D eigenvalue weighted by Gasteiger charge is 2.49. The number of nitrogens with one attached hydrogen (secondary N) is 4. The first-order valence-corrected chi connectivity index (χ1v) is 32.0. The fourth-order valence-electron chi connectivity index (χ4n) is 12.8. The molecular formula is C63H97ClF3N11O11. The predicted octanol–water partition coefficient (Wildman–Crippen LogP) is 4.78. The number of carbonyl (C=O) groups is 11. The summed E-state index contributed by atoms with van der Waals surface area (Å²) in [6, 6.07) is -3.74. The molecule has 1 unspecified atom stereocenters. The van der Waals surface area contributed by atoms with Crippen molar-refractivity contribution in [3.8, 4) is 0 Å². The Morgan fingerprint density at radius 2 is 1.28 bits per heavy atom. The number of amides is 11. The Balaban J connectivity index is 1.53. The van der Waals surface area contributed by atoms with Gasteiger partial charge in [-0.3, -0.25) is 52.7 Å². The van der Waals surface area contributed by atoms with Crippen molar-refractivity contribution in [1.29, 1.82) is 0 Å². The van der Waals surface area contributed by atoms with E-state index in [9.17, 15) is 65.9 Å². The lowest BCUT2D eigenvalue weighted by atomic mass is 9.84. The zero-order valence-electron chi connectivity index (χ0n) is 54.2. The molecule has 11 amide bonds. The number of nitrogens with zero attached hydrogens (tertiary/aromatic N) is 7. The van der Waals surface area contributed by atoms with Gasteiger partial charge in [0.05, 0.1) is 30.2 Å². The quantitative estimate of drug-likeness (QED) is 0.248. The van der Waals surface area contributed by atoms with E-state index in [4.69, 9.17) is 11.6 Å². The summed E-state index contributed by atoms with van der Waals surface area (Å²) in [4.78, 5) is 167. The zero-order chi connectivity index (χ0) is 66.4. The van der Waals surface area contributed by atoms with E-state index in [0.717, 1.165) is 58.9 Å². The van der Waals surface area contributed by atoms with Gasteiger partial charge in [0.1, 0.15) is 41.8 Å². The van der Waals surface area contributed by atoms with Crippen molar-refractivity contribution in [2.75, 3.05) is 75.0 Å². The number of aryl methyl sites for hydroxylation is 1. The van der Waals surface area contributed by atoms with Crippen LogP contribution >= 0.6 is 11.6 Å². The van der Waals surface area contributed by atoms with Crippen LogP contribution in [-0.2, 0) is 65.3 Å². The maximum Gasteiger partial charge on any atom is 0.417 e. The first-order valence-electron chi connectivity index (χ1n) is 31.6. The first kappa shape index (κ1) is 73.2. The Morgan fingerprint density at radius 1 is 0.663 bits per heavy atom. The van der Waals surface area contributed by atoms with Gasteiger partial charge >= 0.3 is 6.18 Å². The van der Waals surface area contributed by atoms with E-state index in [1.54, 1.807) is 20.8 Å². The molecule has 0 bridgehead atoms. The van der Waals surface area contributed by atoms with Crippen LogP contribution in [0.25, 0.3) is 0 Å². The summed E-state index contributed by atoms with van der Waals surface area (Å²) in [6.45, 7) is 9.15. The summed E-state index contributed by atoms with van der Waals surface area (Å²) in [6.07, 6.45) is 2.11. The monoisotopic (exact) mass is 1280 g/mol. The minimum Gasteiger partial charge on any atom is -0.354 e. The molecular weight excluding hydrogens is 1180 g/mol. The largest absolute Gasteiger partial charge is 0.417 e. The summed E-state index contributed by atoms with van der Waals surface area (Å²) >= 11 is 6.10. The molecule has 5 rings (SSSR count). The molecule has 4 aliphatic rings. The van der Waals surface area contributed by atoms with Crippen LogP contribution in [0, 0.1) is 23.7 Å². The Hall–Kier alpha value is -6.53. The van der Waals surface area contributed by atoms with Crippen LogP contribution in [0.4, 0.5) is 13.2 Å². The van der Waals surface area contributed by atoms with Crippen molar-refractivity contribution in [1.82, 2.24) is 55.6 Å². The maximum absolute atomic E-state index is 15.0. The number of carbonyl (C=O) groups excluding carboxylic acids is 11. The van der Waals surface area contributed by atoms with Crippen molar-refractivity contribution in [3.05, 3.63) is 34.3 Å². The number of alkyl halides is 3. The lowest BCUT2D eigenvalue weighted by molar-refractivity contribution is -0.149. The van der Waals surface area contributed by atoms with Crippen molar-refractivity contribution in [2.24, 2.45) is 23.7 Å². The lowest BCUT2D eigenvalue weighted by Gasteiger charge is -2.39. The smallest absolute Gasteiger partial charge is 0.354 e. The van der Waals surface area contributed by atoms with Crippen LogP contribution in [0.1, 0.15) is 155 Å². The Morgan fingerprint density at radius 3 is 1.88 bits per heavy atom. The average Bonchev–Trinajstić information content (AvgIpc) is 3.43. The third-order valence-corrected chi connectivity index (χ3v) is 18.7. The lowest BCUT2D eigenvalue weighted by Crippen LogP contribution is -2.64. The molecule has 0 aromatic heterocycles. The summed E-state index contributed by atoms with van der Waals surface area (Å²) in [5.41, 5.74) is -2.24. The van der Waals surface area contributed by atoms with Crippen LogP contribution in [0.2, 0.25) is 5.02 Å². The number of hydrogen-bond donors (Lipinski definition) is 4. The molecule has 0 radical (unpaired) electrons. The van der Waals surface area contributed by atoms with Crippen molar-refractivity contribution in [2.45, 2.75) is 199 Å². The SMILES string of the molecule is CCC(C)[C@@H]1NC(=O)[C@H](CC(C)C)N(C)C(=O)CCNC(=O)[C@H](C(C)C)N(C)C(=O)C2(CCCC2)NC(=O)[C@@H]2CCCN2C(=O)[C@H](CCc2ccc(C(F)(F)F)c(Cl)c2)NC(=O)CN(C)C(=O)[C@H](CC2CCCCC2)N(C)C(=O)CN(C)C(=O)CN(C)C1=O. The van der Waals surface area contributed by atoms with Crippen molar-refractivity contribution >= 4 is 76.6 Å². The molecule has 4 N–H and O–H groups in total. The van der Waals surface area contributed by atoms with Gasteiger partial charge in [-0.25, -0.2) is 0 Å². The van der Waals surface area contributed by atoms with Gasteiger partial charge in [0.2, 0.25) is 65.0 Å². The molecule has 7 atom stereocenters. The second kappa shape index (κ2) is 32.5. The van der Waals surface area contributed by atoms with Crippen molar-refractivity contribution in [3.63, 3.8) is 0 Å². The molecule has 2 saturated heterocycles. The summed E-state index contributed by atoms with van der Waals surface area (Å²) in [7, 11) is 8.53. The molecule has 498 valence electrons. The fraction of sp³-hybridized carbons (Fsp3) is 0.730. The molecule has 2 aliphatic heterocycles. The number of fused-ring (bicyclic) bond motifs is 1. The second-order valence-corrected chi connectivity index (χ2v) is 26.4. The van der Waals surface area contributed by atoms with Gasteiger partial charge in [-0.2, -0.15) is 13.2 Å². The highest BCUT2D eigenvalue weighted by Crippen LogP contribution is 2.37. The predicted molar refractivity (Wildman–Crippen MR) is 328 cm³/mol. The van der Waals surface area contributed by atoms with E-state index >= 15 is 0 Å². The van der Waals surface area contributed by atoms with Crippen LogP contribution in [0.3, 0.4) is 0 Å². The van der Waals surface area contributed by atoms with Gasteiger partial charge in [-0.15, -0.1) is 0 Å². The van der Waals surface area contributed by atoms with Gasteiger partial charge in [-0.05, 0) is 92.7 Å². The molecule has 1 spiro atoms. The van der Waals surface area contributed by atoms with Crippen LogP contribution < -0.4 is 21.3 Å². The molecule has 2 saturated carbocycles. The summed E-state index contributed by atoms with van der Waals surface area (Å²) < 4.78 is 41.2. The third kappa shape index (κ3) is 19.3. The Bertz CT molecular complexity index is 2720. The number of halogens is 4. The maximum atomic E-state index is 15.0. The van der Waals surface area contributed by atoms with Crippen LogP contribution in [0.15, 0.2) is 18.2 Å². The van der Waals surface area contributed by atoms with Crippen LogP contribution in [0.5, 0.6) is 0 Å². The van der Waals surface area contributed by atoms with Crippen LogP contribution in [-0.4, -0.2) is 216 Å². The minimum atomic E-state index is -4.74. The van der Waals surface area contributed by atoms with Crippen molar-refractivity contribution < 1.29 is 65.9 Å². The zero-order valence-corrected chi connectivity index (χ0v) is 55.0. The molecule has 22 nitrogen and oxygen atoms in total. The summed E-state index contributed by atoms with van der Waals surface area (Å²) in [5.74, 6) is -7.77. The van der Waals surface area contributed by atoms with E-state index in [0.29, 0.717) is 31.2 Å².